The Morgan fingerprint density at radius 1 is 1.14 bits per heavy atom. The first-order chi connectivity index (χ1) is 9.82. The summed E-state index contributed by atoms with van der Waals surface area (Å²) < 4.78 is 11.5. The maximum atomic E-state index is 12.5. The molecule has 1 unspecified atom stereocenters. The normalized spacial score (nSPS) is 14.8. The van der Waals surface area contributed by atoms with Crippen LogP contribution in [0.1, 0.15) is 68.2 Å². The van der Waals surface area contributed by atoms with E-state index >= 15 is 0 Å². The van der Waals surface area contributed by atoms with Crippen molar-refractivity contribution in [3.63, 3.8) is 0 Å². The molecule has 0 heterocycles. The summed E-state index contributed by atoms with van der Waals surface area (Å²) in [4.78, 5) is 12.5. The Morgan fingerprint density at radius 3 is 2.05 bits per heavy atom. The molecule has 1 atom stereocenters. The highest BCUT2D eigenvalue weighted by Crippen LogP contribution is 2.41. The zero-order chi connectivity index (χ0) is 17.8. The molecule has 0 saturated heterocycles. The highest BCUT2D eigenvalue weighted by atomic mass is 16.5. The van der Waals surface area contributed by atoms with Crippen LogP contribution in [0.4, 0.5) is 0 Å². The van der Waals surface area contributed by atoms with Crippen LogP contribution in [0.2, 0.25) is 0 Å². The van der Waals surface area contributed by atoms with E-state index in [1.54, 1.807) is 7.11 Å². The minimum Gasteiger partial charge on any atom is -0.379 e. The Bertz CT molecular complexity index is 391. The molecule has 0 amide bonds. The third kappa shape index (κ3) is 5.20. The fraction of sp³-hybridized carbons (Fsp3) is 0.842. The van der Waals surface area contributed by atoms with E-state index in [-0.39, 0.29) is 17.3 Å². The van der Waals surface area contributed by atoms with E-state index in [1.165, 1.54) is 0 Å². The van der Waals surface area contributed by atoms with Gasteiger partial charge in [-0.25, -0.2) is 0 Å². The van der Waals surface area contributed by atoms with E-state index in [0.29, 0.717) is 12.2 Å². The van der Waals surface area contributed by atoms with Gasteiger partial charge in [0.15, 0.2) is 5.78 Å². The number of ketones is 1. The lowest BCUT2D eigenvalue weighted by Crippen LogP contribution is -2.45. The number of methoxy groups -OCH3 is 1. The van der Waals surface area contributed by atoms with Crippen LogP contribution in [0.5, 0.6) is 0 Å². The third-order valence-corrected chi connectivity index (χ3v) is 5.34. The van der Waals surface area contributed by atoms with Crippen LogP contribution >= 0.6 is 0 Å². The van der Waals surface area contributed by atoms with Gasteiger partial charge in [0.05, 0.1) is 17.8 Å². The zero-order valence-corrected chi connectivity index (χ0v) is 16.1. The first-order valence-electron chi connectivity index (χ1n) is 8.25. The van der Waals surface area contributed by atoms with Gasteiger partial charge in [-0.1, -0.05) is 34.3 Å². The fourth-order valence-electron chi connectivity index (χ4n) is 1.99. The lowest BCUT2D eigenvalue weighted by atomic mass is 9.69. The van der Waals surface area contributed by atoms with E-state index in [9.17, 15) is 4.79 Å². The van der Waals surface area contributed by atoms with E-state index < -0.39 is 11.0 Å². The van der Waals surface area contributed by atoms with Crippen molar-refractivity contribution < 1.29 is 14.3 Å². The monoisotopic (exact) mass is 312 g/mol. The van der Waals surface area contributed by atoms with Crippen molar-refractivity contribution in [2.24, 2.45) is 11.3 Å². The second kappa shape index (κ2) is 7.74. The second-order valence-corrected chi connectivity index (χ2v) is 7.85. The van der Waals surface area contributed by atoms with Gasteiger partial charge in [-0.15, -0.1) is 0 Å². The van der Waals surface area contributed by atoms with E-state index in [1.807, 2.05) is 55.4 Å². The van der Waals surface area contributed by atoms with E-state index in [2.05, 4.69) is 6.58 Å². The van der Waals surface area contributed by atoms with Crippen LogP contribution in [-0.4, -0.2) is 30.7 Å². The molecule has 0 bridgehead atoms. The van der Waals surface area contributed by atoms with Crippen LogP contribution in [0, 0.1) is 11.3 Å². The summed E-state index contributed by atoms with van der Waals surface area (Å²) >= 11 is 0. The van der Waals surface area contributed by atoms with Gasteiger partial charge in [0.2, 0.25) is 0 Å². The van der Waals surface area contributed by atoms with Crippen molar-refractivity contribution in [2.75, 3.05) is 13.7 Å². The minimum absolute atomic E-state index is 0.00926. The molecule has 0 aromatic heterocycles. The van der Waals surface area contributed by atoms with Gasteiger partial charge in [-0.2, -0.15) is 0 Å². The van der Waals surface area contributed by atoms with Gasteiger partial charge in [0.25, 0.3) is 0 Å². The predicted molar refractivity (Wildman–Crippen MR) is 93.1 cm³/mol. The Labute approximate surface area is 137 Å². The highest BCUT2D eigenvalue weighted by Gasteiger charge is 2.43. The number of hydrogen-bond acceptors (Lipinski definition) is 3. The third-order valence-electron chi connectivity index (χ3n) is 5.34. The van der Waals surface area contributed by atoms with Crippen LogP contribution in [0.15, 0.2) is 12.2 Å². The van der Waals surface area contributed by atoms with Gasteiger partial charge in [0, 0.05) is 18.4 Å². The summed E-state index contributed by atoms with van der Waals surface area (Å²) in [7, 11) is 1.71. The molecule has 3 heteroatoms. The molecule has 3 nitrogen and oxygen atoms in total. The number of carbonyl (C=O) groups excluding carboxylic acids is 1. The maximum absolute atomic E-state index is 12.5. The number of hydrogen-bond donors (Lipinski definition) is 0. The molecule has 0 aliphatic heterocycles. The lowest BCUT2D eigenvalue weighted by molar-refractivity contribution is -0.127. The van der Waals surface area contributed by atoms with Gasteiger partial charge in [-0.3, -0.25) is 4.79 Å². The van der Waals surface area contributed by atoms with Gasteiger partial charge in [0.1, 0.15) is 0 Å². The van der Waals surface area contributed by atoms with Gasteiger partial charge >= 0.3 is 0 Å². The average Bonchev–Trinajstić information content (AvgIpc) is 2.43. The largest absolute Gasteiger partial charge is 0.379 e. The van der Waals surface area contributed by atoms with Crippen LogP contribution in [0.25, 0.3) is 0 Å². The summed E-state index contributed by atoms with van der Waals surface area (Å²) in [5, 5.41) is 0. The highest BCUT2D eigenvalue weighted by molar-refractivity contribution is 5.97. The number of ether oxygens (including phenoxy) is 2. The predicted octanol–water partition coefficient (Wildman–Crippen LogP) is 4.79. The van der Waals surface area contributed by atoms with Crippen LogP contribution in [0.3, 0.4) is 0 Å². The standard InChI is InChI=1S/C19H36O3/c1-11-14(2)16(20)15(3)18(6,7)19(8,9)22-13-12-17(4,5)21-10/h14H,3,11-13H2,1-2,4-10H3. The molecule has 0 fully saturated rings. The fourth-order valence-corrected chi connectivity index (χ4v) is 1.99. The van der Waals surface area contributed by atoms with E-state index in [0.717, 1.165) is 12.8 Å². The van der Waals surface area contributed by atoms with Gasteiger partial charge in [-0.05, 0) is 46.1 Å². The van der Waals surface area contributed by atoms with Crippen molar-refractivity contribution in [3.8, 4) is 0 Å². The summed E-state index contributed by atoms with van der Waals surface area (Å²) in [5.41, 5.74) is -0.455. The molecular weight excluding hydrogens is 276 g/mol. The van der Waals surface area contributed by atoms with Crippen molar-refractivity contribution in [1.29, 1.82) is 0 Å². The van der Waals surface area contributed by atoms with E-state index in [4.69, 9.17) is 9.47 Å². The summed E-state index contributed by atoms with van der Waals surface area (Å²) in [6.45, 7) is 20.9. The Morgan fingerprint density at radius 2 is 1.64 bits per heavy atom. The van der Waals surface area contributed by atoms with Crippen molar-refractivity contribution in [3.05, 3.63) is 12.2 Å². The summed E-state index contributed by atoms with van der Waals surface area (Å²) in [6, 6.07) is 0. The minimum atomic E-state index is -0.475. The quantitative estimate of drug-likeness (QED) is 0.544. The summed E-state index contributed by atoms with van der Waals surface area (Å²) in [5.74, 6) is 0.149. The Balaban J connectivity index is 4.93. The van der Waals surface area contributed by atoms with Crippen molar-refractivity contribution in [1.82, 2.24) is 0 Å². The van der Waals surface area contributed by atoms with Crippen LogP contribution < -0.4 is 0 Å². The zero-order valence-electron chi connectivity index (χ0n) is 16.1. The van der Waals surface area contributed by atoms with Crippen LogP contribution in [-0.2, 0) is 14.3 Å². The molecule has 0 N–H and O–H groups in total. The molecule has 0 aliphatic rings. The molecule has 0 spiro atoms. The molecule has 0 aromatic rings. The molecule has 0 aliphatic carbocycles. The molecule has 130 valence electrons. The van der Waals surface area contributed by atoms with Crippen molar-refractivity contribution >= 4 is 5.78 Å². The molecule has 0 aromatic carbocycles. The molecule has 0 radical (unpaired) electrons. The summed E-state index contributed by atoms with van der Waals surface area (Å²) in [6.07, 6.45) is 1.63. The average molecular weight is 312 g/mol. The van der Waals surface area contributed by atoms with Crippen molar-refractivity contribution in [2.45, 2.75) is 79.4 Å². The molecule has 0 rings (SSSR count). The SMILES string of the molecule is C=C(C(=O)C(C)CC)C(C)(C)C(C)(C)OCCC(C)(C)OC. The number of Topliss-reactive ketones (excluding diaryl/α,β-unsaturated/α-hetero) is 1. The second-order valence-electron chi connectivity index (χ2n) is 7.85. The molecule has 22 heavy (non-hydrogen) atoms. The molecule has 0 saturated carbocycles. The first-order valence-corrected chi connectivity index (χ1v) is 8.25. The molecular formula is C19H36O3. The first kappa shape index (κ1) is 21.3. The lowest BCUT2D eigenvalue weighted by Gasteiger charge is -2.43. The van der Waals surface area contributed by atoms with Gasteiger partial charge < -0.3 is 9.47 Å². The smallest absolute Gasteiger partial charge is 0.161 e. The topological polar surface area (TPSA) is 35.5 Å². The Hall–Kier alpha value is -0.670. The number of carbonyl (C=O) groups is 1. The number of rotatable bonds is 10. The Kier molecular flexibility index (Phi) is 7.50. The maximum Gasteiger partial charge on any atom is 0.161 e.